The number of esters is 1. The fraction of sp³-hybridized carbons (Fsp3) is 0.333. The first-order valence-corrected chi connectivity index (χ1v) is 4.45. The molecule has 5 heteroatoms. The van der Waals surface area contributed by atoms with E-state index in [4.69, 9.17) is 17.3 Å². The van der Waals surface area contributed by atoms with Gasteiger partial charge in [0.1, 0.15) is 5.15 Å². The average Bonchev–Trinajstić information content (AvgIpc) is 2.17. The predicted molar refractivity (Wildman–Crippen MR) is 52.8 cm³/mol. The molecule has 0 amide bonds. The predicted octanol–water partition coefficient (Wildman–Crippen LogP) is 1.30. The lowest BCUT2D eigenvalue weighted by Crippen LogP contribution is -2.16. The van der Waals surface area contributed by atoms with E-state index in [1.165, 1.54) is 7.11 Å². The maximum Gasteiger partial charge on any atom is 0.307 e. The quantitative estimate of drug-likeness (QED) is 0.609. The van der Waals surface area contributed by atoms with Crippen LogP contribution in [0.5, 0.6) is 0 Å². The third kappa shape index (κ3) is 2.97. The van der Waals surface area contributed by atoms with Crippen molar-refractivity contribution >= 4 is 17.6 Å². The second-order valence-corrected chi connectivity index (χ2v) is 3.19. The molecule has 0 saturated heterocycles. The third-order valence-corrected chi connectivity index (χ3v) is 2.00. The van der Waals surface area contributed by atoms with Crippen molar-refractivity contribution in [2.45, 2.75) is 12.5 Å². The summed E-state index contributed by atoms with van der Waals surface area (Å²) >= 11 is 5.68. The van der Waals surface area contributed by atoms with Gasteiger partial charge in [-0.25, -0.2) is 4.98 Å². The Morgan fingerprint density at radius 1 is 1.79 bits per heavy atom. The molecule has 0 radical (unpaired) electrons. The van der Waals surface area contributed by atoms with Gasteiger partial charge in [0.25, 0.3) is 0 Å². The van der Waals surface area contributed by atoms with Crippen LogP contribution in [0.2, 0.25) is 5.15 Å². The minimum Gasteiger partial charge on any atom is -0.469 e. The monoisotopic (exact) mass is 214 g/mol. The van der Waals surface area contributed by atoms with Gasteiger partial charge in [0.2, 0.25) is 0 Å². The molecule has 0 aliphatic carbocycles. The number of nitrogens with zero attached hydrogens (tertiary/aromatic N) is 1. The van der Waals surface area contributed by atoms with Crippen LogP contribution in [0.15, 0.2) is 18.3 Å². The van der Waals surface area contributed by atoms with Crippen molar-refractivity contribution < 1.29 is 9.53 Å². The van der Waals surface area contributed by atoms with Crippen LogP contribution in [0.4, 0.5) is 0 Å². The van der Waals surface area contributed by atoms with Crippen LogP contribution in [0.25, 0.3) is 0 Å². The molecule has 1 aromatic heterocycles. The molecule has 0 spiro atoms. The lowest BCUT2D eigenvalue weighted by atomic mass is 10.1. The molecule has 0 saturated carbocycles. The number of pyridine rings is 1. The zero-order chi connectivity index (χ0) is 10.6. The van der Waals surface area contributed by atoms with E-state index < -0.39 is 6.04 Å². The number of carbonyl (C=O) groups is 1. The summed E-state index contributed by atoms with van der Waals surface area (Å²) in [7, 11) is 1.33. The smallest absolute Gasteiger partial charge is 0.307 e. The van der Waals surface area contributed by atoms with E-state index in [1.807, 2.05) is 0 Å². The van der Waals surface area contributed by atoms with Gasteiger partial charge in [-0.1, -0.05) is 11.6 Å². The molecule has 2 N–H and O–H groups in total. The molecule has 1 heterocycles. The van der Waals surface area contributed by atoms with Gasteiger partial charge >= 0.3 is 5.97 Å². The van der Waals surface area contributed by atoms with Gasteiger partial charge in [0.15, 0.2) is 0 Å². The standard InChI is InChI=1S/C9H11ClN2O2/c1-14-9(13)5-7(11)6-2-3-12-8(10)4-6/h2-4,7H,5,11H2,1H3. The SMILES string of the molecule is COC(=O)CC(N)c1ccnc(Cl)c1. The second-order valence-electron chi connectivity index (χ2n) is 2.80. The Morgan fingerprint density at radius 2 is 2.50 bits per heavy atom. The number of methoxy groups -OCH3 is 1. The molecule has 0 aromatic carbocycles. The summed E-state index contributed by atoms with van der Waals surface area (Å²) in [6.07, 6.45) is 1.69. The lowest BCUT2D eigenvalue weighted by Gasteiger charge is -2.09. The number of ether oxygens (including phenoxy) is 1. The molecule has 1 aromatic rings. The number of carbonyl (C=O) groups excluding carboxylic acids is 1. The highest BCUT2D eigenvalue weighted by Crippen LogP contribution is 2.16. The van der Waals surface area contributed by atoms with Gasteiger partial charge in [0.05, 0.1) is 13.5 Å². The van der Waals surface area contributed by atoms with E-state index >= 15 is 0 Å². The Kier molecular flexibility index (Phi) is 3.85. The molecule has 76 valence electrons. The number of nitrogens with two attached hydrogens (primary N) is 1. The number of rotatable bonds is 3. The van der Waals surface area contributed by atoms with Gasteiger partial charge < -0.3 is 10.5 Å². The molecular formula is C9H11ClN2O2. The third-order valence-electron chi connectivity index (χ3n) is 1.79. The fourth-order valence-corrected chi connectivity index (χ4v) is 1.21. The van der Waals surface area contributed by atoms with Crippen LogP contribution in [-0.2, 0) is 9.53 Å². The lowest BCUT2D eigenvalue weighted by molar-refractivity contribution is -0.141. The van der Waals surface area contributed by atoms with Crippen LogP contribution in [0.3, 0.4) is 0 Å². The van der Waals surface area contributed by atoms with Crippen molar-refractivity contribution in [3.8, 4) is 0 Å². The maximum atomic E-state index is 10.9. The topological polar surface area (TPSA) is 65.2 Å². The van der Waals surface area contributed by atoms with Crippen molar-refractivity contribution in [1.29, 1.82) is 0 Å². The van der Waals surface area contributed by atoms with E-state index in [1.54, 1.807) is 18.3 Å². The Balaban J connectivity index is 2.69. The van der Waals surface area contributed by atoms with Crippen LogP contribution in [-0.4, -0.2) is 18.1 Å². The highest BCUT2D eigenvalue weighted by molar-refractivity contribution is 6.29. The highest BCUT2D eigenvalue weighted by atomic mass is 35.5. The van der Waals surface area contributed by atoms with Gasteiger partial charge in [-0.15, -0.1) is 0 Å². The molecule has 0 aliphatic rings. The summed E-state index contributed by atoms with van der Waals surface area (Å²) in [5.41, 5.74) is 6.53. The largest absolute Gasteiger partial charge is 0.469 e. The Labute approximate surface area is 87.0 Å². The van der Waals surface area contributed by atoms with Crippen molar-refractivity contribution in [3.63, 3.8) is 0 Å². The first-order valence-electron chi connectivity index (χ1n) is 4.07. The minimum atomic E-state index is -0.400. The summed E-state index contributed by atoms with van der Waals surface area (Å²) in [5.74, 6) is -0.342. The van der Waals surface area contributed by atoms with Crippen molar-refractivity contribution in [2.24, 2.45) is 5.73 Å². The van der Waals surface area contributed by atoms with Gasteiger partial charge in [-0.2, -0.15) is 0 Å². The van der Waals surface area contributed by atoms with Crippen LogP contribution >= 0.6 is 11.6 Å². The van der Waals surface area contributed by atoms with Crippen LogP contribution in [0, 0.1) is 0 Å². The molecule has 0 aliphatic heterocycles. The summed E-state index contributed by atoms with van der Waals surface area (Å²) < 4.78 is 4.51. The summed E-state index contributed by atoms with van der Waals surface area (Å²) in [6.45, 7) is 0. The molecule has 14 heavy (non-hydrogen) atoms. The van der Waals surface area contributed by atoms with Crippen molar-refractivity contribution in [1.82, 2.24) is 4.98 Å². The van der Waals surface area contributed by atoms with E-state index in [0.717, 1.165) is 5.56 Å². The second kappa shape index (κ2) is 4.93. The zero-order valence-corrected chi connectivity index (χ0v) is 8.49. The summed E-state index contributed by atoms with van der Waals surface area (Å²) in [4.78, 5) is 14.7. The van der Waals surface area contributed by atoms with Gasteiger partial charge in [-0.05, 0) is 17.7 Å². The van der Waals surface area contributed by atoms with E-state index in [9.17, 15) is 4.79 Å². The minimum absolute atomic E-state index is 0.136. The molecule has 4 nitrogen and oxygen atoms in total. The highest BCUT2D eigenvalue weighted by Gasteiger charge is 2.11. The van der Waals surface area contributed by atoms with Crippen LogP contribution in [0.1, 0.15) is 18.0 Å². The van der Waals surface area contributed by atoms with E-state index in [2.05, 4.69) is 9.72 Å². The molecule has 1 unspecified atom stereocenters. The average molecular weight is 215 g/mol. The van der Waals surface area contributed by atoms with Crippen molar-refractivity contribution in [2.75, 3.05) is 7.11 Å². The normalized spacial score (nSPS) is 12.2. The van der Waals surface area contributed by atoms with Crippen molar-refractivity contribution in [3.05, 3.63) is 29.0 Å². The Bertz CT molecular complexity index is 330. The van der Waals surface area contributed by atoms with E-state index in [0.29, 0.717) is 5.15 Å². The van der Waals surface area contributed by atoms with Gasteiger partial charge in [-0.3, -0.25) is 4.79 Å². The first kappa shape index (κ1) is 10.9. The number of halogens is 1. The number of hydrogen-bond donors (Lipinski definition) is 1. The number of aromatic nitrogens is 1. The summed E-state index contributed by atoms with van der Waals surface area (Å²) in [5, 5.41) is 0.364. The molecular weight excluding hydrogens is 204 g/mol. The fourth-order valence-electron chi connectivity index (χ4n) is 1.03. The molecule has 0 bridgehead atoms. The summed E-state index contributed by atoms with van der Waals surface area (Å²) in [6, 6.07) is 2.96. The van der Waals surface area contributed by atoms with Gasteiger partial charge in [0, 0.05) is 12.2 Å². The number of hydrogen-bond acceptors (Lipinski definition) is 4. The molecule has 0 fully saturated rings. The molecule has 1 rings (SSSR count). The van der Waals surface area contributed by atoms with E-state index in [-0.39, 0.29) is 12.4 Å². The Hall–Kier alpha value is -1.13. The van der Waals surface area contributed by atoms with Crippen LogP contribution < -0.4 is 5.73 Å². The maximum absolute atomic E-state index is 10.9. The first-order chi connectivity index (χ1) is 6.63. The zero-order valence-electron chi connectivity index (χ0n) is 7.74. The molecule has 1 atom stereocenters. The Morgan fingerprint density at radius 3 is 3.07 bits per heavy atom.